The Hall–Kier alpha value is -1.26. The van der Waals surface area contributed by atoms with E-state index in [0.717, 1.165) is 25.7 Å². The first kappa shape index (κ1) is 14.2. The molecule has 1 amide bonds. The van der Waals surface area contributed by atoms with Crippen LogP contribution < -0.4 is 5.32 Å². The summed E-state index contributed by atoms with van der Waals surface area (Å²) in [5.74, 6) is -0.433. The summed E-state index contributed by atoms with van der Waals surface area (Å²) < 4.78 is 17.7. The van der Waals surface area contributed by atoms with Crippen LogP contribution in [0.25, 0.3) is 0 Å². The molecule has 1 rings (SSSR count). The highest BCUT2D eigenvalue weighted by molar-refractivity contribution is 5.81. The molecule has 0 unspecified atom stereocenters. The minimum atomic E-state index is -0.864. The zero-order chi connectivity index (χ0) is 15.2. The highest BCUT2D eigenvalue weighted by Crippen LogP contribution is 2.20. The Morgan fingerprint density at radius 2 is 1.95 bits per heavy atom. The van der Waals surface area contributed by atoms with Crippen molar-refractivity contribution in [3.63, 3.8) is 0 Å². The number of hydrogen-bond acceptors (Lipinski definition) is 4. The molecular weight excluding hydrogens is 246 g/mol. The van der Waals surface area contributed by atoms with Crippen LogP contribution in [0.4, 0.5) is 4.79 Å². The van der Waals surface area contributed by atoms with Gasteiger partial charge in [0.25, 0.3) is 0 Å². The van der Waals surface area contributed by atoms with Gasteiger partial charge < -0.3 is 14.8 Å². The van der Waals surface area contributed by atoms with Gasteiger partial charge in [0.05, 0.1) is 0 Å². The summed E-state index contributed by atoms with van der Waals surface area (Å²) in [6.45, 7) is 4.82. The summed E-state index contributed by atoms with van der Waals surface area (Å²) in [5.41, 5.74) is -0.864. The second kappa shape index (κ2) is 6.78. The fourth-order valence-electron chi connectivity index (χ4n) is 1.97. The molecule has 0 bridgehead atoms. The van der Waals surface area contributed by atoms with Crippen LogP contribution >= 0.6 is 0 Å². The van der Waals surface area contributed by atoms with Crippen LogP contribution in [0.1, 0.15) is 61.1 Å². The minimum Gasteiger partial charge on any atom is -0.461 e. The highest BCUT2D eigenvalue weighted by Gasteiger charge is 2.24. The lowest BCUT2D eigenvalue weighted by Gasteiger charge is -2.25. The molecule has 5 heteroatoms. The van der Waals surface area contributed by atoms with Crippen molar-refractivity contribution < 1.29 is 20.4 Å². The molecule has 0 saturated heterocycles. The van der Waals surface area contributed by atoms with Gasteiger partial charge in [-0.05, 0) is 53.4 Å². The number of carbonyl (C=O) groups excluding carboxylic acids is 2. The second-order valence-electron chi connectivity index (χ2n) is 5.71. The van der Waals surface area contributed by atoms with Crippen LogP contribution in [-0.2, 0) is 14.3 Å². The fourth-order valence-corrected chi connectivity index (χ4v) is 1.97. The Bertz CT molecular complexity index is 340. The topological polar surface area (TPSA) is 64.6 Å². The Balaban J connectivity index is 2.35. The SMILES string of the molecule is [2H]CC(C)(C)OC(=O)N[C@@H](C)C(=O)OC1CCCCC1. The highest BCUT2D eigenvalue weighted by atomic mass is 16.6. The van der Waals surface area contributed by atoms with Gasteiger partial charge in [-0.25, -0.2) is 9.59 Å². The molecular formula is C14H25NO4. The number of hydrogen-bond donors (Lipinski definition) is 1. The number of rotatable bonds is 3. The quantitative estimate of drug-likeness (QED) is 0.802. The molecule has 1 aliphatic carbocycles. The average Bonchev–Trinajstić information content (AvgIpc) is 2.39. The maximum Gasteiger partial charge on any atom is 0.408 e. The van der Waals surface area contributed by atoms with E-state index in [2.05, 4.69) is 5.32 Å². The van der Waals surface area contributed by atoms with E-state index in [1.54, 1.807) is 20.8 Å². The Morgan fingerprint density at radius 1 is 1.32 bits per heavy atom. The standard InChI is InChI=1S/C14H25NO4/c1-10(15-13(17)19-14(2,3)4)12(16)18-11-8-6-5-7-9-11/h10-11H,5-9H2,1-4H3,(H,15,17)/t10-/m0/s1/i2D. The van der Waals surface area contributed by atoms with Gasteiger partial charge in [-0.2, -0.15) is 0 Å². The lowest BCUT2D eigenvalue weighted by molar-refractivity contribution is -0.152. The molecule has 0 aromatic carbocycles. The van der Waals surface area contributed by atoms with E-state index in [0.29, 0.717) is 0 Å². The maximum atomic E-state index is 11.9. The first-order chi connectivity index (χ1) is 9.34. The molecule has 5 nitrogen and oxygen atoms in total. The molecule has 0 spiro atoms. The first-order valence-electron chi connectivity index (χ1n) is 7.54. The second-order valence-corrected chi connectivity index (χ2v) is 5.71. The molecule has 0 aromatic heterocycles. The summed E-state index contributed by atoms with van der Waals surface area (Å²) in [4.78, 5) is 23.5. The monoisotopic (exact) mass is 272 g/mol. The number of amides is 1. The van der Waals surface area contributed by atoms with Gasteiger partial charge >= 0.3 is 12.1 Å². The number of alkyl carbamates (subject to hydrolysis) is 1. The molecule has 0 heterocycles. The predicted octanol–water partition coefficient (Wildman–Crippen LogP) is 2.78. The van der Waals surface area contributed by atoms with Crippen molar-refractivity contribution in [1.29, 1.82) is 0 Å². The van der Waals surface area contributed by atoms with Crippen molar-refractivity contribution in [2.75, 3.05) is 0 Å². The van der Waals surface area contributed by atoms with Crippen LogP contribution in [-0.4, -0.2) is 29.8 Å². The van der Waals surface area contributed by atoms with Crippen LogP contribution in [0.5, 0.6) is 0 Å². The fraction of sp³-hybridized carbons (Fsp3) is 0.857. The third-order valence-electron chi connectivity index (χ3n) is 2.89. The predicted molar refractivity (Wildman–Crippen MR) is 71.8 cm³/mol. The average molecular weight is 272 g/mol. The third kappa shape index (κ3) is 6.45. The molecule has 0 aliphatic heterocycles. The van der Waals surface area contributed by atoms with E-state index in [1.807, 2.05) is 0 Å². The largest absolute Gasteiger partial charge is 0.461 e. The van der Waals surface area contributed by atoms with Crippen molar-refractivity contribution in [2.45, 2.75) is 77.5 Å². The molecule has 0 radical (unpaired) electrons. The maximum absolute atomic E-state index is 11.9. The summed E-state index contributed by atoms with van der Waals surface area (Å²) >= 11 is 0. The van der Waals surface area contributed by atoms with E-state index >= 15 is 0 Å². The van der Waals surface area contributed by atoms with Gasteiger partial charge in [-0.1, -0.05) is 6.42 Å². The first-order valence-corrected chi connectivity index (χ1v) is 6.83. The zero-order valence-corrected chi connectivity index (χ0v) is 12.0. The summed E-state index contributed by atoms with van der Waals surface area (Å²) in [6, 6.07) is -0.744. The van der Waals surface area contributed by atoms with E-state index in [-0.39, 0.29) is 13.0 Å². The number of nitrogens with one attached hydrogen (secondary N) is 1. The van der Waals surface area contributed by atoms with Crippen molar-refractivity contribution in [3.8, 4) is 0 Å². The van der Waals surface area contributed by atoms with Gasteiger partial charge in [0.2, 0.25) is 0 Å². The van der Waals surface area contributed by atoms with Gasteiger partial charge in [0.1, 0.15) is 17.7 Å². The molecule has 1 saturated carbocycles. The molecule has 1 aliphatic rings. The molecule has 0 aromatic rings. The summed E-state index contributed by atoms with van der Waals surface area (Å²) in [6.07, 6.45) is 4.43. The lowest BCUT2D eigenvalue weighted by atomic mass is 9.98. The number of esters is 1. The van der Waals surface area contributed by atoms with E-state index in [4.69, 9.17) is 10.8 Å². The molecule has 110 valence electrons. The Morgan fingerprint density at radius 3 is 2.53 bits per heavy atom. The number of ether oxygens (including phenoxy) is 2. The van der Waals surface area contributed by atoms with Gasteiger partial charge in [-0.3, -0.25) is 0 Å². The van der Waals surface area contributed by atoms with Gasteiger partial charge in [-0.15, -0.1) is 0 Å². The summed E-state index contributed by atoms with van der Waals surface area (Å²) in [5, 5.41) is 2.44. The lowest BCUT2D eigenvalue weighted by Crippen LogP contribution is -2.43. The minimum absolute atomic E-state index is 0.0267. The number of carbonyl (C=O) groups is 2. The van der Waals surface area contributed by atoms with Crippen molar-refractivity contribution in [2.24, 2.45) is 0 Å². The van der Waals surface area contributed by atoms with Crippen LogP contribution in [0.3, 0.4) is 0 Å². The molecule has 1 N–H and O–H groups in total. The van der Waals surface area contributed by atoms with E-state index in [1.165, 1.54) is 6.42 Å². The van der Waals surface area contributed by atoms with Crippen molar-refractivity contribution >= 4 is 12.1 Å². The molecule has 1 fully saturated rings. The third-order valence-corrected chi connectivity index (χ3v) is 2.89. The molecule has 19 heavy (non-hydrogen) atoms. The van der Waals surface area contributed by atoms with Crippen molar-refractivity contribution in [3.05, 3.63) is 0 Å². The van der Waals surface area contributed by atoms with Gasteiger partial charge in [0.15, 0.2) is 0 Å². The van der Waals surface area contributed by atoms with Crippen LogP contribution in [0.2, 0.25) is 0 Å². The Kier molecular flexibility index (Phi) is 5.05. The van der Waals surface area contributed by atoms with Crippen LogP contribution in [0.15, 0.2) is 0 Å². The smallest absolute Gasteiger partial charge is 0.408 e. The van der Waals surface area contributed by atoms with E-state index in [9.17, 15) is 9.59 Å². The summed E-state index contributed by atoms with van der Waals surface area (Å²) in [7, 11) is 0. The zero-order valence-electron chi connectivity index (χ0n) is 13.0. The Labute approximate surface area is 116 Å². The van der Waals surface area contributed by atoms with Crippen molar-refractivity contribution in [1.82, 2.24) is 5.32 Å². The van der Waals surface area contributed by atoms with Crippen LogP contribution in [0, 0.1) is 0 Å². The normalized spacial score (nSPS) is 19.2. The van der Waals surface area contributed by atoms with E-state index < -0.39 is 23.7 Å². The van der Waals surface area contributed by atoms with Gasteiger partial charge in [0, 0.05) is 1.37 Å². The molecule has 1 atom stereocenters.